The molecule has 0 radical (unpaired) electrons. The monoisotopic (exact) mass is 340 g/mol. The van der Waals surface area contributed by atoms with Crippen molar-refractivity contribution in [1.29, 1.82) is 0 Å². The van der Waals surface area contributed by atoms with Crippen LogP contribution in [-0.4, -0.2) is 33.2 Å². The number of benzene rings is 2. The summed E-state index contributed by atoms with van der Waals surface area (Å²) in [4.78, 5) is 11.9. The van der Waals surface area contributed by atoms with Crippen LogP contribution in [0.1, 0.15) is 12.0 Å². The van der Waals surface area contributed by atoms with E-state index in [1.165, 1.54) is 6.08 Å². The average Bonchev–Trinajstić information content (AvgIpc) is 2.66. The number of methoxy groups -OCH3 is 2. The number of hydrogen-bond donors (Lipinski definition) is 2. The Hall–Kier alpha value is -2.95. The summed E-state index contributed by atoms with van der Waals surface area (Å²) in [6.45, 7) is 1.43. The van der Waals surface area contributed by atoms with E-state index in [1.54, 1.807) is 20.3 Å². The van der Waals surface area contributed by atoms with Gasteiger partial charge in [-0.25, -0.2) is 0 Å². The molecule has 132 valence electrons. The molecule has 25 heavy (non-hydrogen) atoms. The van der Waals surface area contributed by atoms with Gasteiger partial charge < -0.3 is 20.1 Å². The molecule has 2 aromatic carbocycles. The minimum atomic E-state index is -0.116. The molecule has 1 amide bonds. The van der Waals surface area contributed by atoms with Crippen molar-refractivity contribution in [3.05, 3.63) is 60.2 Å². The molecular formula is C20H24N2O3. The molecular weight excluding hydrogens is 316 g/mol. The van der Waals surface area contributed by atoms with Crippen LogP contribution in [0.5, 0.6) is 11.5 Å². The zero-order chi connectivity index (χ0) is 17.9. The van der Waals surface area contributed by atoms with Crippen molar-refractivity contribution < 1.29 is 14.3 Å². The predicted molar refractivity (Wildman–Crippen MR) is 101 cm³/mol. The molecule has 0 bridgehead atoms. The number of rotatable bonds is 9. The van der Waals surface area contributed by atoms with E-state index in [1.807, 2.05) is 48.5 Å². The third-order valence-corrected chi connectivity index (χ3v) is 3.59. The van der Waals surface area contributed by atoms with Crippen molar-refractivity contribution in [1.82, 2.24) is 5.32 Å². The van der Waals surface area contributed by atoms with Crippen molar-refractivity contribution in [3.8, 4) is 11.5 Å². The standard InChI is InChI=1S/C20H24N2O3/c1-24-18-11-9-16(15-19(18)25-2)10-12-20(23)22-14-6-13-21-17-7-4-3-5-8-17/h3-5,7-12,15,21H,6,13-14H2,1-2H3,(H,22,23). The summed E-state index contributed by atoms with van der Waals surface area (Å²) in [7, 11) is 3.18. The van der Waals surface area contributed by atoms with Gasteiger partial charge in [0.1, 0.15) is 0 Å². The topological polar surface area (TPSA) is 59.6 Å². The first-order chi connectivity index (χ1) is 12.2. The lowest BCUT2D eigenvalue weighted by Crippen LogP contribution is -2.23. The van der Waals surface area contributed by atoms with Crippen LogP contribution >= 0.6 is 0 Å². The number of hydrogen-bond acceptors (Lipinski definition) is 4. The Morgan fingerprint density at radius 3 is 2.48 bits per heavy atom. The molecule has 0 saturated heterocycles. The Morgan fingerprint density at radius 2 is 1.76 bits per heavy atom. The minimum absolute atomic E-state index is 0.116. The lowest BCUT2D eigenvalue weighted by Gasteiger charge is -2.08. The van der Waals surface area contributed by atoms with Gasteiger partial charge in [-0.1, -0.05) is 24.3 Å². The Balaban J connectivity index is 1.72. The predicted octanol–water partition coefficient (Wildman–Crippen LogP) is 3.34. The van der Waals surface area contributed by atoms with E-state index >= 15 is 0 Å². The lowest BCUT2D eigenvalue weighted by atomic mass is 10.2. The fraction of sp³-hybridized carbons (Fsp3) is 0.250. The van der Waals surface area contributed by atoms with E-state index in [0.717, 1.165) is 24.2 Å². The SMILES string of the molecule is COc1ccc(C=CC(=O)NCCCNc2ccccc2)cc1OC. The fourth-order valence-corrected chi connectivity index (χ4v) is 2.28. The van der Waals surface area contributed by atoms with E-state index < -0.39 is 0 Å². The van der Waals surface area contributed by atoms with Crippen LogP contribution in [0.15, 0.2) is 54.6 Å². The molecule has 0 aliphatic carbocycles. The Kier molecular flexibility index (Phi) is 7.38. The number of para-hydroxylation sites is 1. The molecule has 0 fully saturated rings. The Bertz CT molecular complexity index is 699. The third-order valence-electron chi connectivity index (χ3n) is 3.59. The smallest absolute Gasteiger partial charge is 0.244 e. The Morgan fingerprint density at radius 1 is 1.00 bits per heavy atom. The molecule has 0 spiro atoms. The van der Waals surface area contributed by atoms with Crippen LogP contribution in [0.2, 0.25) is 0 Å². The molecule has 0 atom stereocenters. The lowest BCUT2D eigenvalue weighted by molar-refractivity contribution is -0.116. The van der Waals surface area contributed by atoms with Gasteiger partial charge in [-0.3, -0.25) is 4.79 Å². The van der Waals surface area contributed by atoms with Crippen molar-refractivity contribution in [3.63, 3.8) is 0 Å². The maximum Gasteiger partial charge on any atom is 0.244 e. The maximum atomic E-state index is 11.9. The molecule has 0 saturated carbocycles. The average molecular weight is 340 g/mol. The Labute approximate surface area is 148 Å². The van der Waals surface area contributed by atoms with Gasteiger partial charge >= 0.3 is 0 Å². The summed E-state index contributed by atoms with van der Waals surface area (Å²) in [6.07, 6.45) is 4.12. The van der Waals surface area contributed by atoms with E-state index in [9.17, 15) is 4.79 Å². The summed E-state index contributed by atoms with van der Waals surface area (Å²) < 4.78 is 10.4. The summed E-state index contributed by atoms with van der Waals surface area (Å²) in [6, 6.07) is 15.5. The summed E-state index contributed by atoms with van der Waals surface area (Å²) in [5, 5.41) is 6.17. The quantitative estimate of drug-likeness (QED) is 0.543. The molecule has 2 rings (SSSR count). The van der Waals surface area contributed by atoms with E-state index in [2.05, 4.69) is 10.6 Å². The fourth-order valence-electron chi connectivity index (χ4n) is 2.28. The van der Waals surface area contributed by atoms with Crippen LogP contribution in [-0.2, 0) is 4.79 Å². The summed E-state index contributed by atoms with van der Waals surface area (Å²) in [5.41, 5.74) is 1.96. The summed E-state index contributed by atoms with van der Waals surface area (Å²) >= 11 is 0. The van der Waals surface area contributed by atoms with Crippen molar-refractivity contribution in [2.24, 2.45) is 0 Å². The first-order valence-electron chi connectivity index (χ1n) is 8.20. The first kappa shape index (κ1) is 18.4. The molecule has 5 heteroatoms. The number of anilines is 1. The van der Waals surface area contributed by atoms with Crippen LogP contribution in [0, 0.1) is 0 Å². The van der Waals surface area contributed by atoms with Gasteiger partial charge in [-0.05, 0) is 42.3 Å². The molecule has 0 heterocycles. The molecule has 0 aromatic heterocycles. The van der Waals surface area contributed by atoms with Gasteiger partial charge in [-0.15, -0.1) is 0 Å². The second kappa shape index (κ2) is 10.0. The van der Waals surface area contributed by atoms with Crippen LogP contribution < -0.4 is 20.1 Å². The zero-order valence-electron chi connectivity index (χ0n) is 14.6. The number of carbonyl (C=O) groups excluding carboxylic acids is 1. The second-order valence-corrected chi connectivity index (χ2v) is 5.39. The molecule has 2 N–H and O–H groups in total. The van der Waals surface area contributed by atoms with Crippen LogP contribution in [0.4, 0.5) is 5.69 Å². The molecule has 0 unspecified atom stereocenters. The van der Waals surface area contributed by atoms with Gasteiger partial charge in [0.2, 0.25) is 5.91 Å². The number of carbonyl (C=O) groups is 1. The van der Waals surface area contributed by atoms with E-state index in [0.29, 0.717) is 18.0 Å². The molecule has 0 aliphatic rings. The third kappa shape index (κ3) is 6.22. The summed E-state index contributed by atoms with van der Waals surface area (Å²) in [5.74, 6) is 1.18. The largest absolute Gasteiger partial charge is 0.493 e. The van der Waals surface area contributed by atoms with Gasteiger partial charge in [0.05, 0.1) is 14.2 Å². The number of amides is 1. The van der Waals surface area contributed by atoms with Crippen LogP contribution in [0.25, 0.3) is 6.08 Å². The normalized spacial score (nSPS) is 10.5. The van der Waals surface area contributed by atoms with E-state index in [4.69, 9.17) is 9.47 Å². The van der Waals surface area contributed by atoms with Gasteiger partial charge in [0, 0.05) is 24.9 Å². The highest BCUT2D eigenvalue weighted by Gasteiger charge is 2.03. The van der Waals surface area contributed by atoms with Crippen molar-refractivity contribution in [2.75, 3.05) is 32.6 Å². The van der Waals surface area contributed by atoms with Gasteiger partial charge in [0.25, 0.3) is 0 Å². The van der Waals surface area contributed by atoms with Crippen molar-refractivity contribution in [2.45, 2.75) is 6.42 Å². The minimum Gasteiger partial charge on any atom is -0.493 e. The first-order valence-corrected chi connectivity index (χ1v) is 8.20. The highest BCUT2D eigenvalue weighted by molar-refractivity contribution is 5.91. The number of nitrogens with one attached hydrogen (secondary N) is 2. The second-order valence-electron chi connectivity index (χ2n) is 5.39. The highest BCUT2D eigenvalue weighted by atomic mass is 16.5. The molecule has 5 nitrogen and oxygen atoms in total. The highest BCUT2D eigenvalue weighted by Crippen LogP contribution is 2.27. The number of ether oxygens (including phenoxy) is 2. The molecule has 0 aliphatic heterocycles. The maximum absolute atomic E-state index is 11.9. The van der Waals surface area contributed by atoms with Crippen molar-refractivity contribution >= 4 is 17.7 Å². The van der Waals surface area contributed by atoms with Crippen LogP contribution in [0.3, 0.4) is 0 Å². The van der Waals surface area contributed by atoms with Gasteiger partial charge in [0.15, 0.2) is 11.5 Å². The zero-order valence-corrected chi connectivity index (χ0v) is 14.6. The molecule has 2 aromatic rings. The van der Waals surface area contributed by atoms with Gasteiger partial charge in [-0.2, -0.15) is 0 Å². The van der Waals surface area contributed by atoms with E-state index in [-0.39, 0.29) is 5.91 Å².